The normalized spacial score (nSPS) is 14.8. The van der Waals surface area contributed by atoms with Crippen LogP contribution in [-0.4, -0.2) is 65.8 Å². The number of amides is 2. The maximum absolute atomic E-state index is 12.8. The van der Waals surface area contributed by atoms with Crippen LogP contribution in [0, 0.1) is 5.92 Å². The number of aromatic nitrogens is 3. The van der Waals surface area contributed by atoms with Crippen LogP contribution in [0.2, 0.25) is 0 Å². The molecule has 1 aliphatic heterocycles. The van der Waals surface area contributed by atoms with Crippen molar-refractivity contribution in [3.8, 4) is 0 Å². The number of alkyl carbamates (subject to hydrolysis) is 1. The van der Waals surface area contributed by atoms with Crippen molar-refractivity contribution < 1.29 is 32.0 Å². The van der Waals surface area contributed by atoms with E-state index < -0.39 is 18.0 Å². The summed E-state index contributed by atoms with van der Waals surface area (Å²) in [6.07, 6.45) is -1.81. The number of piperidine rings is 1. The molecule has 0 radical (unpaired) electrons. The number of ether oxygens (including phenoxy) is 1. The van der Waals surface area contributed by atoms with Gasteiger partial charge >= 0.3 is 12.3 Å². The van der Waals surface area contributed by atoms with Crippen molar-refractivity contribution >= 4 is 17.9 Å². The molecule has 0 saturated carbocycles. The van der Waals surface area contributed by atoms with Gasteiger partial charge in [0, 0.05) is 46.0 Å². The fourth-order valence-corrected chi connectivity index (χ4v) is 3.36. The minimum Gasteiger partial charge on any atom is -0.441 e. The fraction of sp³-hybridized carbons (Fsp3) is 0.550. The highest BCUT2D eigenvalue weighted by molar-refractivity contribution is 5.91. The first-order valence-corrected chi connectivity index (χ1v) is 10.4. The largest absolute Gasteiger partial charge is 0.441 e. The number of hydrogen-bond acceptors (Lipinski definition) is 8. The van der Waals surface area contributed by atoms with Gasteiger partial charge in [-0.3, -0.25) is 4.79 Å². The van der Waals surface area contributed by atoms with Crippen molar-refractivity contribution in [1.82, 2.24) is 25.3 Å². The second kappa shape index (κ2) is 10.5. The monoisotopic (exact) mass is 470 g/mol. The van der Waals surface area contributed by atoms with Crippen LogP contribution in [0.4, 0.5) is 23.9 Å². The first kappa shape index (κ1) is 24.3. The molecule has 0 bridgehead atoms. The summed E-state index contributed by atoms with van der Waals surface area (Å²) in [5.41, 5.74) is -0.830. The molecule has 0 aromatic carbocycles. The number of nitrogens with zero attached hydrogens (tertiary/aromatic N) is 5. The minimum atomic E-state index is -4.50. The Kier molecular flexibility index (Phi) is 7.71. The lowest BCUT2D eigenvalue weighted by atomic mass is 9.94. The van der Waals surface area contributed by atoms with Gasteiger partial charge < -0.3 is 24.4 Å². The highest BCUT2D eigenvalue weighted by Gasteiger charge is 2.33. The third-order valence-electron chi connectivity index (χ3n) is 5.18. The summed E-state index contributed by atoms with van der Waals surface area (Å²) in [6.45, 7) is 1.31. The van der Waals surface area contributed by atoms with Crippen LogP contribution in [0.3, 0.4) is 0 Å². The quantitative estimate of drug-likeness (QED) is 0.657. The van der Waals surface area contributed by atoms with Crippen LogP contribution in [-0.2, 0) is 17.5 Å². The van der Waals surface area contributed by atoms with Crippen molar-refractivity contribution in [3.05, 3.63) is 35.5 Å². The molecular formula is C20H25F3N6O4. The van der Waals surface area contributed by atoms with Gasteiger partial charge in [-0.1, -0.05) is 5.16 Å². The van der Waals surface area contributed by atoms with Crippen molar-refractivity contribution in [2.24, 2.45) is 5.92 Å². The molecule has 3 rings (SSSR count). The predicted octanol–water partition coefficient (Wildman–Crippen LogP) is 2.72. The summed E-state index contributed by atoms with van der Waals surface area (Å²) in [6, 6.07) is 2.27. The van der Waals surface area contributed by atoms with Crippen molar-refractivity contribution in [3.63, 3.8) is 0 Å². The Labute approximate surface area is 188 Å². The van der Waals surface area contributed by atoms with Crippen molar-refractivity contribution in [2.75, 3.05) is 38.6 Å². The lowest BCUT2D eigenvalue weighted by Gasteiger charge is -2.32. The Morgan fingerprint density at radius 1 is 1.30 bits per heavy atom. The number of halogens is 3. The van der Waals surface area contributed by atoms with Crippen LogP contribution in [0.5, 0.6) is 0 Å². The number of alkyl halides is 3. The molecule has 2 amide bonds. The molecule has 2 aromatic heterocycles. The van der Waals surface area contributed by atoms with E-state index in [1.807, 2.05) is 0 Å². The van der Waals surface area contributed by atoms with Crippen LogP contribution < -0.4 is 10.2 Å². The summed E-state index contributed by atoms with van der Waals surface area (Å²) in [7, 11) is 3.17. The van der Waals surface area contributed by atoms with E-state index in [0.29, 0.717) is 32.0 Å². The fourth-order valence-electron chi connectivity index (χ4n) is 3.36. The molecule has 2 aromatic rings. The average molecular weight is 470 g/mol. The van der Waals surface area contributed by atoms with Crippen LogP contribution >= 0.6 is 0 Å². The molecule has 1 fully saturated rings. The van der Waals surface area contributed by atoms with E-state index in [-0.39, 0.29) is 29.9 Å². The third-order valence-corrected chi connectivity index (χ3v) is 5.18. The Morgan fingerprint density at radius 2 is 2.03 bits per heavy atom. The summed E-state index contributed by atoms with van der Waals surface area (Å²) < 4.78 is 48.6. The molecule has 1 saturated heterocycles. The van der Waals surface area contributed by atoms with Gasteiger partial charge in [-0.25, -0.2) is 14.8 Å². The van der Waals surface area contributed by atoms with Crippen molar-refractivity contribution in [1.29, 1.82) is 0 Å². The van der Waals surface area contributed by atoms with E-state index in [1.165, 1.54) is 11.0 Å². The molecule has 180 valence electrons. The van der Waals surface area contributed by atoms with E-state index in [1.54, 1.807) is 19.0 Å². The zero-order valence-electron chi connectivity index (χ0n) is 18.3. The minimum absolute atomic E-state index is 0.0767. The van der Waals surface area contributed by atoms with Gasteiger partial charge in [0.1, 0.15) is 5.69 Å². The number of carbonyl (C=O) groups excluding carboxylic acids is 2. The molecule has 13 heteroatoms. The first-order valence-electron chi connectivity index (χ1n) is 10.4. The molecule has 0 spiro atoms. The first-order chi connectivity index (χ1) is 15.6. The summed E-state index contributed by atoms with van der Waals surface area (Å²) in [5.74, 6) is 0.314. The maximum atomic E-state index is 12.8. The van der Waals surface area contributed by atoms with E-state index in [4.69, 9.17) is 9.26 Å². The van der Waals surface area contributed by atoms with Crippen LogP contribution in [0.1, 0.15) is 41.2 Å². The van der Waals surface area contributed by atoms with Gasteiger partial charge in [0.05, 0.1) is 0 Å². The summed E-state index contributed by atoms with van der Waals surface area (Å²) in [4.78, 5) is 34.3. The Hall–Kier alpha value is -3.38. The molecule has 1 aliphatic rings. The third kappa shape index (κ3) is 6.80. The van der Waals surface area contributed by atoms with E-state index in [2.05, 4.69) is 20.4 Å². The maximum Gasteiger partial charge on any atom is 0.433 e. The Bertz CT molecular complexity index is 957. The van der Waals surface area contributed by atoms with Crippen molar-refractivity contribution in [2.45, 2.75) is 32.0 Å². The number of rotatable bonds is 7. The molecule has 0 atom stereocenters. The number of hydrogen-bond donors (Lipinski definition) is 1. The SMILES string of the molecule is CN(C)C(=O)c1cc(COC(=O)NCCC2CCN(c3nccc(C(F)(F)F)n3)CC2)on1. The number of nitrogens with one attached hydrogen (secondary N) is 1. The number of carbonyl (C=O) groups is 2. The molecule has 0 unspecified atom stereocenters. The molecule has 10 nitrogen and oxygen atoms in total. The lowest BCUT2D eigenvalue weighted by Crippen LogP contribution is -2.36. The lowest BCUT2D eigenvalue weighted by molar-refractivity contribution is -0.141. The van der Waals surface area contributed by atoms with Gasteiger partial charge in [0.2, 0.25) is 5.95 Å². The topological polar surface area (TPSA) is 114 Å². The highest BCUT2D eigenvalue weighted by Crippen LogP contribution is 2.29. The van der Waals surface area contributed by atoms with Gasteiger partial charge in [-0.15, -0.1) is 0 Å². The molecule has 1 N–H and O–H groups in total. The smallest absolute Gasteiger partial charge is 0.433 e. The Morgan fingerprint density at radius 3 is 2.70 bits per heavy atom. The second-order valence-corrected chi connectivity index (χ2v) is 7.84. The molecule has 0 aliphatic carbocycles. The van der Waals surface area contributed by atoms with Crippen LogP contribution in [0.15, 0.2) is 22.9 Å². The van der Waals surface area contributed by atoms with E-state index >= 15 is 0 Å². The second-order valence-electron chi connectivity index (χ2n) is 7.84. The number of anilines is 1. The summed E-state index contributed by atoms with van der Waals surface area (Å²) >= 11 is 0. The van der Waals surface area contributed by atoms with Gasteiger partial charge in [-0.2, -0.15) is 13.2 Å². The zero-order chi connectivity index (χ0) is 24.0. The van der Waals surface area contributed by atoms with Gasteiger partial charge in [0.15, 0.2) is 18.1 Å². The van der Waals surface area contributed by atoms with E-state index in [9.17, 15) is 22.8 Å². The highest BCUT2D eigenvalue weighted by atomic mass is 19.4. The predicted molar refractivity (Wildman–Crippen MR) is 109 cm³/mol. The summed E-state index contributed by atoms with van der Waals surface area (Å²) in [5, 5.41) is 6.29. The van der Waals surface area contributed by atoms with E-state index in [0.717, 1.165) is 25.1 Å². The Balaban J connectivity index is 1.35. The standard InChI is InChI=1S/C20H25F3N6O4/c1-28(2)17(30)15-11-14(33-27-15)12-32-19(31)25-7-3-13-5-9-29(10-6-13)18-24-8-4-16(26-18)20(21,22)23/h4,8,11,13H,3,5-7,9-10,12H2,1-2H3,(H,25,31). The van der Waals surface area contributed by atoms with Crippen LogP contribution in [0.25, 0.3) is 0 Å². The molecular weight excluding hydrogens is 445 g/mol. The zero-order valence-corrected chi connectivity index (χ0v) is 18.3. The average Bonchev–Trinajstić information content (AvgIpc) is 3.26. The van der Waals surface area contributed by atoms with Gasteiger partial charge in [-0.05, 0) is 31.2 Å². The van der Waals surface area contributed by atoms with Gasteiger partial charge in [0.25, 0.3) is 5.91 Å². The molecule has 3 heterocycles. The molecule has 33 heavy (non-hydrogen) atoms.